The second-order valence-corrected chi connectivity index (χ2v) is 10.3. The van der Waals surface area contributed by atoms with E-state index in [-0.39, 0.29) is 23.6 Å². The van der Waals surface area contributed by atoms with E-state index >= 15 is 0 Å². The maximum Gasteiger partial charge on any atom is 0.356 e. The van der Waals surface area contributed by atoms with Gasteiger partial charge in [-0.25, -0.2) is 9.78 Å². The number of amides is 1. The van der Waals surface area contributed by atoms with E-state index in [1.54, 1.807) is 20.0 Å². The number of carbonyl (C=O) groups excluding carboxylic acids is 2. The number of aliphatic hydroxyl groups is 1. The highest BCUT2D eigenvalue weighted by Crippen LogP contribution is 2.34. The summed E-state index contributed by atoms with van der Waals surface area (Å²) in [7, 11) is 1.33. The van der Waals surface area contributed by atoms with Crippen LogP contribution in [0.15, 0.2) is 42.6 Å². The van der Waals surface area contributed by atoms with Crippen LogP contribution in [0.4, 0.5) is 11.4 Å². The molecule has 3 heterocycles. The molecule has 0 spiro atoms. The maximum atomic E-state index is 13.1. The fourth-order valence-corrected chi connectivity index (χ4v) is 4.89. The first-order valence-electron chi connectivity index (χ1n) is 12.7. The van der Waals surface area contributed by atoms with Crippen molar-refractivity contribution in [3.05, 3.63) is 53.9 Å². The molecule has 9 heteroatoms. The number of carbonyl (C=O) groups is 2. The van der Waals surface area contributed by atoms with Crippen molar-refractivity contribution in [3.8, 4) is 0 Å². The van der Waals surface area contributed by atoms with Crippen molar-refractivity contribution in [2.75, 3.05) is 31.0 Å². The van der Waals surface area contributed by atoms with E-state index in [4.69, 9.17) is 14.5 Å². The molecule has 3 N–H and O–H groups in total. The predicted molar refractivity (Wildman–Crippen MR) is 143 cm³/mol. The number of nitrogens with zero attached hydrogens (tertiary/aromatic N) is 2. The van der Waals surface area contributed by atoms with Gasteiger partial charge in [-0.15, -0.1) is 0 Å². The number of benzene rings is 1. The summed E-state index contributed by atoms with van der Waals surface area (Å²) in [5.41, 5.74) is 2.24. The summed E-state index contributed by atoms with van der Waals surface area (Å²) < 4.78 is 12.4. The lowest BCUT2D eigenvalue weighted by atomic mass is 10.0. The molecule has 0 radical (unpaired) electrons. The van der Waals surface area contributed by atoms with Crippen LogP contribution in [-0.2, 0) is 27.2 Å². The number of hydrogen-bond acceptors (Lipinski definition) is 7. The molecule has 1 fully saturated rings. The van der Waals surface area contributed by atoms with Crippen molar-refractivity contribution in [3.63, 3.8) is 0 Å². The number of esters is 1. The van der Waals surface area contributed by atoms with Gasteiger partial charge in [-0.3, -0.25) is 4.79 Å². The van der Waals surface area contributed by atoms with Crippen LogP contribution in [0.1, 0.15) is 49.7 Å². The lowest BCUT2D eigenvalue weighted by Gasteiger charge is -2.23. The van der Waals surface area contributed by atoms with E-state index in [9.17, 15) is 14.7 Å². The quantitative estimate of drug-likeness (QED) is 0.355. The van der Waals surface area contributed by atoms with Gasteiger partial charge in [-0.1, -0.05) is 30.3 Å². The lowest BCUT2D eigenvalue weighted by Crippen LogP contribution is -2.29. The third kappa shape index (κ3) is 6.47. The number of nitrogens with one attached hydrogen (secondary N) is 2. The fraction of sp³-hybridized carbons (Fsp3) is 0.464. The van der Waals surface area contributed by atoms with E-state index in [0.717, 1.165) is 11.3 Å². The summed E-state index contributed by atoms with van der Waals surface area (Å²) in [5.74, 6) is -1.03. The molecule has 37 heavy (non-hydrogen) atoms. The molecule has 4 rings (SSSR count). The minimum absolute atomic E-state index is 0.0341. The fourth-order valence-electron chi connectivity index (χ4n) is 4.89. The summed E-state index contributed by atoms with van der Waals surface area (Å²) in [6, 6.07) is 11.8. The van der Waals surface area contributed by atoms with Crippen LogP contribution in [0.25, 0.3) is 11.0 Å². The third-order valence-electron chi connectivity index (χ3n) is 6.51. The van der Waals surface area contributed by atoms with Gasteiger partial charge in [0.2, 0.25) is 5.91 Å². The summed E-state index contributed by atoms with van der Waals surface area (Å²) in [6.07, 6.45) is 3.54. The molecule has 1 aromatic carbocycles. The first-order chi connectivity index (χ1) is 17.7. The number of rotatable bonds is 10. The largest absolute Gasteiger partial charge is 0.464 e. The van der Waals surface area contributed by atoms with E-state index in [0.29, 0.717) is 55.7 Å². The molecule has 1 aliphatic heterocycles. The Balaban J connectivity index is 1.76. The Bertz CT molecular complexity index is 1240. The highest BCUT2D eigenvalue weighted by molar-refractivity contribution is 6.11. The lowest BCUT2D eigenvalue weighted by molar-refractivity contribution is -0.119. The van der Waals surface area contributed by atoms with E-state index in [1.165, 1.54) is 7.11 Å². The van der Waals surface area contributed by atoms with Gasteiger partial charge in [0.25, 0.3) is 0 Å². The SMILES string of the molecule is COC(=O)c1c(NC(=O)[C@H]2CCOC2)c2cc(N[C@H](C)CC(C)(C)O)cnc2n1CCc1ccccc1. The van der Waals surface area contributed by atoms with Gasteiger partial charge in [0.15, 0.2) is 5.69 Å². The minimum Gasteiger partial charge on any atom is -0.464 e. The number of ether oxygens (including phenoxy) is 2. The molecule has 1 saturated heterocycles. The number of anilines is 2. The minimum atomic E-state index is -0.828. The molecule has 2 atom stereocenters. The molecule has 3 aromatic rings. The molecule has 9 nitrogen and oxygen atoms in total. The molecule has 1 aliphatic rings. The number of methoxy groups -OCH3 is 1. The Morgan fingerprint density at radius 1 is 1.30 bits per heavy atom. The highest BCUT2D eigenvalue weighted by Gasteiger charge is 2.30. The van der Waals surface area contributed by atoms with Crippen LogP contribution in [0.5, 0.6) is 0 Å². The monoisotopic (exact) mass is 508 g/mol. The average molecular weight is 509 g/mol. The van der Waals surface area contributed by atoms with Gasteiger partial charge in [0.05, 0.1) is 42.8 Å². The Kier molecular flexibility index (Phi) is 8.14. The predicted octanol–water partition coefficient (Wildman–Crippen LogP) is 4.00. The van der Waals surface area contributed by atoms with Crippen LogP contribution in [0.3, 0.4) is 0 Å². The molecule has 0 unspecified atom stereocenters. The molecule has 1 amide bonds. The molecular formula is C28H36N4O5. The second kappa shape index (κ2) is 11.3. The van der Waals surface area contributed by atoms with Crippen molar-refractivity contribution in [1.29, 1.82) is 0 Å². The number of fused-ring (bicyclic) bond motifs is 1. The van der Waals surface area contributed by atoms with Gasteiger partial charge in [0, 0.05) is 24.6 Å². The molecule has 198 valence electrons. The van der Waals surface area contributed by atoms with Gasteiger partial charge < -0.3 is 29.8 Å². The van der Waals surface area contributed by atoms with Crippen molar-refractivity contribution in [1.82, 2.24) is 9.55 Å². The summed E-state index contributed by atoms with van der Waals surface area (Å²) in [5, 5.41) is 17.2. The van der Waals surface area contributed by atoms with Crippen molar-refractivity contribution in [2.45, 2.75) is 58.2 Å². The molecule has 0 bridgehead atoms. The molecule has 2 aromatic heterocycles. The molecule has 0 aliphatic carbocycles. The van der Waals surface area contributed by atoms with E-state index < -0.39 is 11.6 Å². The number of pyridine rings is 1. The van der Waals surface area contributed by atoms with Crippen molar-refractivity contribution in [2.24, 2.45) is 5.92 Å². The Morgan fingerprint density at radius 2 is 2.05 bits per heavy atom. The standard InChI is InChI=1S/C28H36N4O5/c1-18(15-28(2,3)35)30-21-14-22-23(31-26(33)20-11-13-37-17-20)24(27(34)36-4)32(25(22)29-16-21)12-10-19-8-6-5-7-9-19/h5-9,14,16,18,20,30,35H,10-13,15,17H2,1-4H3,(H,31,33)/t18-,20+/m1/s1. The zero-order valence-corrected chi connectivity index (χ0v) is 21.9. The van der Waals surface area contributed by atoms with Gasteiger partial charge in [0.1, 0.15) is 5.65 Å². The average Bonchev–Trinajstić information content (AvgIpc) is 3.49. The van der Waals surface area contributed by atoms with Crippen molar-refractivity contribution < 1.29 is 24.2 Å². The molecule has 0 saturated carbocycles. The van der Waals surface area contributed by atoms with Gasteiger partial charge >= 0.3 is 5.97 Å². The summed E-state index contributed by atoms with van der Waals surface area (Å²) in [4.78, 5) is 30.9. The highest BCUT2D eigenvalue weighted by atomic mass is 16.5. The number of aromatic nitrogens is 2. The normalized spacial score (nSPS) is 16.5. The summed E-state index contributed by atoms with van der Waals surface area (Å²) >= 11 is 0. The first-order valence-corrected chi connectivity index (χ1v) is 12.7. The smallest absolute Gasteiger partial charge is 0.356 e. The topological polar surface area (TPSA) is 115 Å². The van der Waals surface area contributed by atoms with Gasteiger partial charge in [-0.2, -0.15) is 0 Å². The Labute approximate surface area is 217 Å². The summed E-state index contributed by atoms with van der Waals surface area (Å²) in [6.45, 7) is 6.88. The second-order valence-electron chi connectivity index (χ2n) is 10.3. The number of aryl methyl sites for hydroxylation is 2. The first kappa shape index (κ1) is 26.6. The van der Waals surface area contributed by atoms with Crippen LogP contribution in [-0.4, -0.2) is 58.5 Å². The zero-order valence-electron chi connectivity index (χ0n) is 21.9. The maximum absolute atomic E-state index is 13.1. The molecular weight excluding hydrogens is 472 g/mol. The van der Waals surface area contributed by atoms with Crippen LogP contribution in [0.2, 0.25) is 0 Å². The zero-order chi connectivity index (χ0) is 26.6. The number of hydrogen-bond donors (Lipinski definition) is 3. The van der Waals surface area contributed by atoms with E-state index in [2.05, 4.69) is 10.6 Å². The third-order valence-corrected chi connectivity index (χ3v) is 6.51. The Hall–Kier alpha value is -3.43. The van der Waals surface area contributed by atoms with E-state index in [1.807, 2.05) is 47.9 Å². The van der Waals surface area contributed by atoms with Gasteiger partial charge in [-0.05, 0) is 51.7 Å². The van der Waals surface area contributed by atoms with Crippen LogP contribution in [0, 0.1) is 5.92 Å². The Morgan fingerprint density at radius 3 is 2.70 bits per heavy atom. The van der Waals surface area contributed by atoms with Crippen LogP contribution < -0.4 is 10.6 Å². The van der Waals surface area contributed by atoms with Crippen LogP contribution >= 0.6 is 0 Å². The van der Waals surface area contributed by atoms with Crippen molar-refractivity contribution >= 4 is 34.3 Å².